The standard InChI is InChI=1S/C20H21BrN2O3/c1-14-12-15(21)8-10-18(14)22-13-17(9-11-19(24)26-2)23(20(22)25)16-6-4-3-5-7-16/h3-8,10,12,17H,9,11,13H2,1-2H3. The fourth-order valence-corrected chi connectivity index (χ4v) is 3.77. The summed E-state index contributed by atoms with van der Waals surface area (Å²) in [7, 11) is 1.38. The van der Waals surface area contributed by atoms with Gasteiger partial charge in [-0.25, -0.2) is 4.79 Å². The summed E-state index contributed by atoms with van der Waals surface area (Å²) in [5, 5.41) is 0. The van der Waals surface area contributed by atoms with Crippen LogP contribution in [-0.4, -0.2) is 31.7 Å². The lowest BCUT2D eigenvalue weighted by Crippen LogP contribution is -2.35. The van der Waals surface area contributed by atoms with Crippen LogP contribution < -0.4 is 9.80 Å². The van der Waals surface area contributed by atoms with Crippen molar-refractivity contribution in [2.45, 2.75) is 25.8 Å². The van der Waals surface area contributed by atoms with Gasteiger partial charge in [-0.3, -0.25) is 14.6 Å². The summed E-state index contributed by atoms with van der Waals surface area (Å²) in [6, 6.07) is 15.3. The van der Waals surface area contributed by atoms with Crippen LogP contribution in [0.4, 0.5) is 16.2 Å². The number of benzene rings is 2. The molecule has 2 aromatic carbocycles. The maximum Gasteiger partial charge on any atom is 0.329 e. The molecular weight excluding hydrogens is 396 g/mol. The van der Waals surface area contributed by atoms with E-state index in [0.29, 0.717) is 13.0 Å². The predicted molar refractivity (Wildman–Crippen MR) is 106 cm³/mol. The second kappa shape index (κ2) is 7.91. The molecule has 2 aromatic rings. The molecular formula is C20H21BrN2O3. The van der Waals surface area contributed by atoms with E-state index in [-0.39, 0.29) is 24.5 Å². The van der Waals surface area contributed by atoms with Crippen molar-refractivity contribution in [2.24, 2.45) is 0 Å². The molecule has 0 radical (unpaired) electrons. The van der Waals surface area contributed by atoms with Gasteiger partial charge in [0.25, 0.3) is 0 Å². The lowest BCUT2D eigenvalue weighted by Gasteiger charge is -2.23. The van der Waals surface area contributed by atoms with E-state index < -0.39 is 0 Å². The number of carbonyl (C=O) groups is 2. The van der Waals surface area contributed by atoms with Crippen molar-refractivity contribution in [2.75, 3.05) is 23.5 Å². The van der Waals surface area contributed by atoms with Gasteiger partial charge in [0, 0.05) is 28.8 Å². The van der Waals surface area contributed by atoms with E-state index in [2.05, 4.69) is 15.9 Å². The summed E-state index contributed by atoms with van der Waals surface area (Å²) >= 11 is 3.46. The summed E-state index contributed by atoms with van der Waals surface area (Å²) in [6.07, 6.45) is 0.838. The summed E-state index contributed by atoms with van der Waals surface area (Å²) in [6.45, 7) is 2.52. The van der Waals surface area contributed by atoms with Crippen LogP contribution >= 0.6 is 15.9 Å². The number of rotatable bonds is 5. The Labute approximate surface area is 161 Å². The number of ether oxygens (including phenoxy) is 1. The maximum atomic E-state index is 13.2. The van der Waals surface area contributed by atoms with Crippen molar-refractivity contribution in [3.63, 3.8) is 0 Å². The van der Waals surface area contributed by atoms with Crippen LogP contribution in [0.3, 0.4) is 0 Å². The number of para-hydroxylation sites is 1. The number of esters is 1. The molecule has 0 spiro atoms. The molecule has 3 rings (SSSR count). The van der Waals surface area contributed by atoms with Crippen molar-refractivity contribution in [3.05, 3.63) is 58.6 Å². The first-order chi connectivity index (χ1) is 12.5. The van der Waals surface area contributed by atoms with Crippen molar-refractivity contribution in [3.8, 4) is 0 Å². The molecule has 1 fully saturated rings. The second-order valence-corrected chi connectivity index (χ2v) is 7.21. The highest BCUT2D eigenvalue weighted by Crippen LogP contribution is 2.33. The van der Waals surface area contributed by atoms with Gasteiger partial charge in [-0.1, -0.05) is 34.1 Å². The quantitative estimate of drug-likeness (QED) is 0.672. The molecule has 0 N–H and O–H groups in total. The van der Waals surface area contributed by atoms with E-state index in [0.717, 1.165) is 21.4 Å². The van der Waals surface area contributed by atoms with Gasteiger partial charge in [-0.2, -0.15) is 0 Å². The first-order valence-electron chi connectivity index (χ1n) is 8.50. The van der Waals surface area contributed by atoms with Crippen LogP contribution in [0.1, 0.15) is 18.4 Å². The molecule has 5 nitrogen and oxygen atoms in total. The molecule has 26 heavy (non-hydrogen) atoms. The Morgan fingerprint density at radius 2 is 1.96 bits per heavy atom. The molecule has 136 valence electrons. The molecule has 0 bridgehead atoms. The zero-order chi connectivity index (χ0) is 18.7. The summed E-state index contributed by atoms with van der Waals surface area (Å²) in [4.78, 5) is 28.4. The van der Waals surface area contributed by atoms with Crippen LogP contribution in [0.15, 0.2) is 53.0 Å². The maximum absolute atomic E-state index is 13.2. The Morgan fingerprint density at radius 3 is 2.62 bits per heavy atom. The summed E-state index contributed by atoms with van der Waals surface area (Å²) in [5.41, 5.74) is 2.75. The highest BCUT2D eigenvalue weighted by molar-refractivity contribution is 9.10. The third-order valence-corrected chi connectivity index (χ3v) is 5.08. The van der Waals surface area contributed by atoms with Gasteiger partial charge in [-0.15, -0.1) is 0 Å². The Morgan fingerprint density at radius 1 is 1.23 bits per heavy atom. The molecule has 1 saturated heterocycles. The number of anilines is 2. The average Bonchev–Trinajstić information content (AvgIpc) is 2.96. The van der Waals surface area contributed by atoms with Crippen LogP contribution in [0, 0.1) is 6.92 Å². The topological polar surface area (TPSA) is 49.9 Å². The van der Waals surface area contributed by atoms with Crippen molar-refractivity contribution in [1.29, 1.82) is 0 Å². The van der Waals surface area contributed by atoms with Gasteiger partial charge >= 0.3 is 12.0 Å². The first kappa shape index (κ1) is 18.5. The second-order valence-electron chi connectivity index (χ2n) is 6.30. The monoisotopic (exact) mass is 416 g/mol. The van der Waals surface area contributed by atoms with E-state index >= 15 is 0 Å². The third-order valence-electron chi connectivity index (χ3n) is 4.59. The highest BCUT2D eigenvalue weighted by atomic mass is 79.9. The van der Waals surface area contributed by atoms with Gasteiger partial charge in [0.1, 0.15) is 0 Å². The number of halogens is 1. The molecule has 0 saturated carbocycles. The number of hydrogen-bond acceptors (Lipinski definition) is 3. The van der Waals surface area contributed by atoms with Gasteiger partial charge in [-0.05, 0) is 49.2 Å². The van der Waals surface area contributed by atoms with Gasteiger partial charge in [0.2, 0.25) is 0 Å². The molecule has 1 unspecified atom stereocenters. The smallest absolute Gasteiger partial charge is 0.329 e. The summed E-state index contributed by atoms with van der Waals surface area (Å²) in [5.74, 6) is -0.260. The number of hydrogen-bond donors (Lipinski definition) is 0. The first-order valence-corrected chi connectivity index (χ1v) is 9.29. The fraction of sp³-hybridized carbons (Fsp3) is 0.300. The molecule has 1 atom stereocenters. The Balaban J connectivity index is 1.92. The minimum absolute atomic E-state index is 0.0727. The predicted octanol–water partition coefficient (Wildman–Crippen LogP) is 4.53. The number of carbonyl (C=O) groups excluding carboxylic acids is 2. The van der Waals surface area contributed by atoms with Crippen LogP contribution in [0.2, 0.25) is 0 Å². The van der Waals surface area contributed by atoms with E-state index in [1.54, 1.807) is 9.80 Å². The van der Waals surface area contributed by atoms with E-state index in [1.807, 2.05) is 55.5 Å². The molecule has 1 aliphatic rings. The van der Waals surface area contributed by atoms with Gasteiger partial charge < -0.3 is 4.74 Å². The third kappa shape index (κ3) is 3.75. The number of nitrogens with zero attached hydrogens (tertiary/aromatic N) is 2. The molecule has 1 aliphatic heterocycles. The SMILES string of the molecule is COC(=O)CCC1CN(c2ccc(Br)cc2C)C(=O)N1c1ccccc1. The van der Waals surface area contributed by atoms with Crippen molar-refractivity contribution >= 4 is 39.3 Å². The number of methoxy groups -OCH3 is 1. The van der Waals surface area contributed by atoms with Gasteiger partial charge in [0.05, 0.1) is 13.2 Å². The zero-order valence-corrected chi connectivity index (χ0v) is 16.4. The minimum atomic E-state index is -0.260. The average molecular weight is 417 g/mol. The lowest BCUT2D eigenvalue weighted by molar-refractivity contribution is -0.140. The van der Waals surface area contributed by atoms with E-state index in [1.165, 1.54) is 7.11 Å². The van der Waals surface area contributed by atoms with Gasteiger partial charge in [0.15, 0.2) is 0 Å². The Bertz CT molecular complexity index is 810. The Kier molecular flexibility index (Phi) is 5.61. The Hall–Kier alpha value is -2.34. The van der Waals surface area contributed by atoms with Crippen LogP contribution in [0.25, 0.3) is 0 Å². The fourth-order valence-electron chi connectivity index (χ4n) is 3.30. The van der Waals surface area contributed by atoms with E-state index in [4.69, 9.17) is 4.74 Å². The molecule has 0 aromatic heterocycles. The number of urea groups is 1. The van der Waals surface area contributed by atoms with Crippen LogP contribution in [0.5, 0.6) is 0 Å². The lowest BCUT2D eigenvalue weighted by atomic mass is 10.1. The zero-order valence-electron chi connectivity index (χ0n) is 14.8. The highest BCUT2D eigenvalue weighted by Gasteiger charge is 2.39. The largest absolute Gasteiger partial charge is 0.469 e. The molecule has 6 heteroatoms. The normalized spacial score (nSPS) is 16.9. The number of aryl methyl sites for hydroxylation is 1. The molecule has 1 heterocycles. The molecule has 0 aliphatic carbocycles. The van der Waals surface area contributed by atoms with Crippen molar-refractivity contribution in [1.82, 2.24) is 0 Å². The summed E-state index contributed by atoms with van der Waals surface area (Å²) < 4.78 is 5.74. The molecule has 2 amide bonds. The van der Waals surface area contributed by atoms with E-state index in [9.17, 15) is 9.59 Å². The minimum Gasteiger partial charge on any atom is -0.469 e. The van der Waals surface area contributed by atoms with Crippen molar-refractivity contribution < 1.29 is 14.3 Å². The number of amides is 2. The van der Waals surface area contributed by atoms with Crippen LogP contribution in [-0.2, 0) is 9.53 Å².